The van der Waals surface area contributed by atoms with Crippen molar-refractivity contribution in [2.75, 3.05) is 19.0 Å². The fraction of sp³-hybridized carbons (Fsp3) is 0.643. The van der Waals surface area contributed by atoms with Crippen LogP contribution < -0.4 is 10.1 Å². The molecule has 1 N–H and O–H groups in total. The second-order valence-electron chi connectivity index (χ2n) is 5.91. The molecule has 2 amide bonds. The maximum Gasteiger partial charge on any atom is 0.323 e. The van der Waals surface area contributed by atoms with Crippen molar-refractivity contribution in [2.45, 2.75) is 38.6 Å². The molecule has 6 nitrogen and oxygen atoms in total. The number of nitrogens with zero attached hydrogens (tertiary/aromatic N) is 3. The Morgan fingerprint density at radius 1 is 1.50 bits per heavy atom. The lowest BCUT2D eigenvalue weighted by Crippen LogP contribution is -2.40. The van der Waals surface area contributed by atoms with E-state index in [9.17, 15) is 4.79 Å². The van der Waals surface area contributed by atoms with E-state index >= 15 is 0 Å². The van der Waals surface area contributed by atoms with Crippen molar-refractivity contribution < 1.29 is 9.53 Å². The van der Waals surface area contributed by atoms with Gasteiger partial charge >= 0.3 is 6.03 Å². The topological polar surface area (TPSA) is 67.3 Å². The van der Waals surface area contributed by atoms with Crippen LogP contribution in [-0.4, -0.2) is 40.6 Å². The minimum Gasteiger partial charge on any atom is -0.480 e. The highest BCUT2D eigenvalue weighted by Crippen LogP contribution is 2.50. The minimum absolute atomic E-state index is 0.0937. The highest BCUT2D eigenvalue weighted by Gasteiger charge is 2.47. The van der Waals surface area contributed by atoms with Gasteiger partial charge in [-0.15, -0.1) is 0 Å². The number of carbonyl (C=O) groups excluding carboxylic acids is 1. The summed E-state index contributed by atoms with van der Waals surface area (Å²) in [5.41, 5.74) is 0.386. The molecule has 1 spiro atoms. The molecule has 0 aromatic carbocycles. The molecule has 2 fully saturated rings. The van der Waals surface area contributed by atoms with E-state index in [1.165, 1.54) is 38.8 Å². The zero-order valence-corrected chi connectivity index (χ0v) is 11.9. The number of nitrogens with one attached hydrogen (secondary N) is 1. The quantitative estimate of drug-likeness (QED) is 0.900. The molecule has 1 aromatic heterocycles. The van der Waals surface area contributed by atoms with Gasteiger partial charge in [-0.1, -0.05) is 6.42 Å². The van der Waals surface area contributed by atoms with Gasteiger partial charge in [-0.05, 0) is 31.6 Å². The first-order valence-corrected chi connectivity index (χ1v) is 7.06. The third-order valence-corrected chi connectivity index (χ3v) is 4.50. The van der Waals surface area contributed by atoms with E-state index in [2.05, 4.69) is 22.2 Å². The summed E-state index contributed by atoms with van der Waals surface area (Å²) in [6.45, 7) is 2.97. The molecule has 1 saturated carbocycles. The minimum atomic E-state index is -0.0937. The summed E-state index contributed by atoms with van der Waals surface area (Å²) in [4.78, 5) is 22.4. The summed E-state index contributed by atoms with van der Waals surface area (Å²) in [5.74, 6) is 0.823. The molecule has 1 aromatic rings. The Morgan fingerprint density at radius 2 is 2.30 bits per heavy atom. The van der Waals surface area contributed by atoms with Crippen LogP contribution in [0.25, 0.3) is 0 Å². The molecule has 2 heterocycles. The number of anilines is 1. The van der Waals surface area contributed by atoms with Gasteiger partial charge in [0.05, 0.1) is 19.5 Å². The standard InChI is InChI=1S/C14H20N4O2/c1-10-6-14(4-3-5-14)9-18(10)13(19)17-11-7-15-8-12(16-11)20-2/h7-8,10H,3-6,9H2,1-2H3,(H,16,17,19). The van der Waals surface area contributed by atoms with Crippen LogP contribution in [0, 0.1) is 5.41 Å². The molecule has 1 aliphatic carbocycles. The summed E-state index contributed by atoms with van der Waals surface area (Å²) in [5, 5.41) is 2.81. The van der Waals surface area contributed by atoms with Crippen molar-refractivity contribution in [3.05, 3.63) is 12.4 Å². The molecule has 1 atom stereocenters. The fourth-order valence-corrected chi connectivity index (χ4v) is 3.32. The number of hydrogen-bond acceptors (Lipinski definition) is 4. The van der Waals surface area contributed by atoms with E-state index in [0.717, 1.165) is 13.0 Å². The fourth-order valence-electron chi connectivity index (χ4n) is 3.32. The number of carbonyl (C=O) groups is 1. The van der Waals surface area contributed by atoms with Crippen LogP contribution in [0.5, 0.6) is 5.88 Å². The van der Waals surface area contributed by atoms with Gasteiger partial charge in [0.2, 0.25) is 5.88 Å². The Bertz CT molecular complexity index is 516. The molecule has 3 rings (SSSR count). The Balaban J connectivity index is 1.67. The molecule has 1 saturated heterocycles. The predicted octanol–water partition coefficient (Wildman–Crippen LogP) is 2.28. The van der Waals surface area contributed by atoms with E-state index in [1.54, 1.807) is 0 Å². The summed E-state index contributed by atoms with van der Waals surface area (Å²) in [6.07, 6.45) is 7.95. The predicted molar refractivity (Wildman–Crippen MR) is 74.7 cm³/mol. The molecule has 6 heteroatoms. The van der Waals surface area contributed by atoms with Crippen molar-refractivity contribution in [1.29, 1.82) is 0 Å². The molecule has 108 valence electrons. The maximum absolute atomic E-state index is 12.4. The highest BCUT2D eigenvalue weighted by atomic mass is 16.5. The summed E-state index contributed by atoms with van der Waals surface area (Å²) in [7, 11) is 1.53. The van der Waals surface area contributed by atoms with Crippen LogP contribution in [0.2, 0.25) is 0 Å². The maximum atomic E-state index is 12.4. The molecule has 1 aliphatic heterocycles. The number of ether oxygens (including phenoxy) is 1. The van der Waals surface area contributed by atoms with E-state index in [1.807, 2.05) is 4.90 Å². The van der Waals surface area contributed by atoms with Gasteiger partial charge in [-0.25, -0.2) is 4.79 Å². The Hall–Kier alpha value is -1.85. The average molecular weight is 276 g/mol. The van der Waals surface area contributed by atoms with E-state index in [0.29, 0.717) is 17.1 Å². The molecule has 20 heavy (non-hydrogen) atoms. The van der Waals surface area contributed by atoms with E-state index in [4.69, 9.17) is 4.74 Å². The van der Waals surface area contributed by atoms with E-state index in [-0.39, 0.29) is 12.1 Å². The number of hydrogen-bond donors (Lipinski definition) is 1. The van der Waals surface area contributed by atoms with Crippen molar-refractivity contribution in [3.63, 3.8) is 0 Å². The van der Waals surface area contributed by atoms with Gasteiger partial charge in [-0.3, -0.25) is 10.3 Å². The highest BCUT2D eigenvalue weighted by molar-refractivity contribution is 5.88. The monoisotopic (exact) mass is 276 g/mol. The largest absolute Gasteiger partial charge is 0.480 e. The summed E-state index contributed by atoms with van der Waals surface area (Å²) < 4.78 is 5.00. The molecule has 0 radical (unpaired) electrons. The Morgan fingerprint density at radius 3 is 2.90 bits per heavy atom. The number of rotatable bonds is 2. The van der Waals surface area contributed by atoms with Crippen LogP contribution in [-0.2, 0) is 0 Å². The van der Waals surface area contributed by atoms with Gasteiger partial charge in [0, 0.05) is 12.6 Å². The summed E-state index contributed by atoms with van der Waals surface area (Å²) in [6, 6.07) is 0.192. The van der Waals surface area contributed by atoms with Crippen LogP contribution in [0.1, 0.15) is 32.6 Å². The lowest BCUT2D eigenvalue weighted by molar-refractivity contribution is 0.144. The first kappa shape index (κ1) is 13.1. The number of urea groups is 1. The number of methoxy groups -OCH3 is 1. The first-order chi connectivity index (χ1) is 9.62. The lowest BCUT2D eigenvalue weighted by Gasteiger charge is -2.37. The van der Waals surface area contributed by atoms with Crippen molar-refractivity contribution >= 4 is 11.8 Å². The van der Waals surface area contributed by atoms with E-state index < -0.39 is 0 Å². The molecular formula is C14H20N4O2. The van der Waals surface area contributed by atoms with Crippen LogP contribution in [0.4, 0.5) is 10.6 Å². The number of aromatic nitrogens is 2. The molecule has 0 bridgehead atoms. The molecule has 1 unspecified atom stereocenters. The zero-order chi connectivity index (χ0) is 14.2. The Kier molecular flexibility index (Phi) is 3.23. The lowest BCUT2D eigenvalue weighted by atomic mass is 9.68. The van der Waals surface area contributed by atoms with Crippen molar-refractivity contribution in [3.8, 4) is 5.88 Å². The number of amides is 2. The van der Waals surface area contributed by atoms with Crippen LogP contribution in [0.3, 0.4) is 0 Å². The van der Waals surface area contributed by atoms with Gasteiger partial charge in [0.15, 0.2) is 5.82 Å². The smallest absolute Gasteiger partial charge is 0.323 e. The zero-order valence-electron chi connectivity index (χ0n) is 11.9. The number of likely N-dealkylation sites (tertiary alicyclic amines) is 1. The Labute approximate surface area is 118 Å². The molecular weight excluding hydrogens is 256 g/mol. The third-order valence-electron chi connectivity index (χ3n) is 4.50. The summed E-state index contributed by atoms with van der Waals surface area (Å²) >= 11 is 0. The van der Waals surface area contributed by atoms with Gasteiger partial charge < -0.3 is 9.64 Å². The van der Waals surface area contributed by atoms with Gasteiger partial charge in [-0.2, -0.15) is 4.98 Å². The normalized spacial score (nSPS) is 23.5. The average Bonchev–Trinajstić information content (AvgIpc) is 2.77. The third kappa shape index (κ3) is 2.30. The van der Waals surface area contributed by atoms with Gasteiger partial charge in [0.25, 0.3) is 0 Å². The van der Waals surface area contributed by atoms with Gasteiger partial charge in [0.1, 0.15) is 0 Å². The SMILES string of the molecule is COc1cncc(NC(=O)N2CC3(CCC3)CC2C)n1. The second kappa shape index (κ2) is 4.92. The first-order valence-electron chi connectivity index (χ1n) is 7.06. The molecule has 2 aliphatic rings. The van der Waals surface area contributed by atoms with Crippen LogP contribution >= 0.6 is 0 Å². The second-order valence-corrected chi connectivity index (χ2v) is 5.91. The van der Waals surface area contributed by atoms with Crippen molar-refractivity contribution in [2.24, 2.45) is 5.41 Å². The van der Waals surface area contributed by atoms with Crippen molar-refractivity contribution in [1.82, 2.24) is 14.9 Å². The van der Waals surface area contributed by atoms with Crippen LogP contribution in [0.15, 0.2) is 12.4 Å².